The van der Waals surface area contributed by atoms with E-state index in [4.69, 9.17) is 44.5 Å². The molecule has 0 aliphatic carbocycles. The summed E-state index contributed by atoms with van der Waals surface area (Å²) in [6.07, 6.45) is 0. The summed E-state index contributed by atoms with van der Waals surface area (Å²) in [5, 5.41) is 10.4. The Morgan fingerprint density at radius 2 is 1.62 bits per heavy atom. The van der Waals surface area contributed by atoms with Crippen LogP contribution in [0, 0.1) is 0 Å². The van der Waals surface area contributed by atoms with Crippen molar-refractivity contribution in [3.05, 3.63) is 92.4 Å². The van der Waals surface area contributed by atoms with Crippen molar-refractivity contribution in [1.82, 2.24) is 19.0 Å². The zero-order chi connectivity index (χ0) is 34.0. The SMILES string of the molecule is CCOc1cc(Cl)c(S(=O)(=O)N(C)C)cc1C1=NC(c2ccc(Cl)cc2)C(c2ccc(Cl)cc2)N1C(=O)N1CCN(CCO)C(=O)C1. The smallest absolute Gasteiger partial charge is 0.326 e. The summed E-state index contributed by atoms with van der Waals surface area (Å²) < 4.78 is 33.8. The Bertz CT molecular complexity index is 1790. The highest BCUT2D eigenvalue weighted by molar-refractivity contribution is 7.89. The van der Waals surface area contributed by atoms with E-state index in [1.165, 1.54) is 40.9 Å². The molecule has 3 aromatic carbocycles. The van der Waals surface area contributed by atoms with Crippen LogP contribution in [0.25, 0.3) is 0 Å². The van der Waals surface area contributed by atoms with Gasteiger partial charge >= 0.3 is 6.03 Å². The minimum Gasteiger partial charge on any atom is -0.493 e. The van der Waals surface area contributed by atoms with Crippen molar-refractivity contribution >= 4 is 62.6 Å². The van der Waals surface area contributed by atoms with Crippen molar-refractivity contribution < 1.29 is 27.9 Å². The van der Waals surface area contributed by atoms with Gasteiger partial charge in [0, 0.05) is 49.8 Å². The Balaban J connectivity index is 1.74. The van der Waals surface area contributed by atoms with Gasteiger partial charge in [-0.1, -0.05) is 59.1 Å². The summed E-state index contributed by atoms with van der Waals surface area (Å²) in [5.41, 5.74) is 1.66. The zero-order valence-corrected chi connectivity index (χ0v) is 29.0. The van der Waals surface area contributed by atoms with Gasteiger partial charge in [-0.25, -0.2) is 17.5 Å². The number of aliphatic hydroxyl groups excluding tert-OH is 1. The monoisotopic (exact) mass is 721 g/mol. The van der Waals surface area contributed by atoms with E-state index >= 15 is 0 Å². The maximum absolute atomic E-state index is 14.7. The predicted octanol–water partition coefficient (Wildman–Crippen LogP) is 5.10. The number of ether oxygens (including phenoxy) is 1. The second-order valence-electron chi connectivity index (χ2n) is 11.1. The second kappa shape index (κ2) is 14.4. The zero-order valence-electron chi connectivity index (χ0n) is 25.9. The molecule has 5 rings (SSSR count). The summed E-state index contributed by atoms with van der Waals surface area (Å²) >= 11 is 19.0. The van der Waals surface area contributed by atoms with Crippen molar-refractivity contribution in [1.29, 1.82) is 0 Å². The van der Waals surface area contributed by atoms with E-state index in [-0.39, 0.29) is 72.4 Å². The van der Waals surface area contributed by atoms with Crippen molar-refractivity contribution in [2.24, 2.45) is 4.99 Å². The molecule has 2 aliphatic heterocycles. The first kappa shape index (κ1) is 34.9. The molecule has 47 heavy (non-hydrogen) atoms. The lowest BCUT2D eigenvalue weighted by atomic mass is 9.93. The van der Waals surface area contributed by atoms with Crippen LogP contribution in [0.5, 0.6) is 5.75 Å². The van der Waals surface area contributed by atoms with Gasteiger partial charge in [-0.2, -0.15) is 0 Å². The molecule has 0 aromatic heterocycles. The molecular formula is C32H34Cl3N5O6S. The number of nitrogens with zero attached hydrogens (tertiary/aromatic N) is 5. The number of hydrogen-bond acceptors (Lipinski definition) is 7. The number of sulfonamides is 1. The van der Waals surface area contributed by atoms with Gasteiger partial charge in [0.05, 0.1) is 29.8 Å². The molecule has 1 fully saturated rings. The summed E-state index contributed by atoms with van der Waals surface area (Å²) in [4.78, 5) is 37.0. The van der Waals surface area contributed by atoms with Crippen molar-refractivity contribution in [3.8, 4) is 5.75 Å². The van der Waals surface area contributed by atoms with Crippen LogP contribution in [-0.2, 0) is 14.8 Å². The van der Waals surface area contributed by atoms with E-state index in [0.29, 0.717) is 15.6 Å². The number of carbonyl (C=O) groups is 2. The highest BCUT2D eigenvalue weighted by Gasteiger charge is 2.46. The van der Waals surface area contributed by atoms with Crippen molar-refractivity contribution in [2.45, 2.75) is 23.9 Å². The fraction of sp³-hybridized carbons (Fsp3) is 0.344. The molecule has 250 valence electrons. The summed E-state index contributed by atoms with van der Waals surface area (Å²) in [6.45, 7) is 2.16. The molecule has 2 unspecified atom stereocenters. The van der Waals surface area contributed by atoms with E-state index in [1.807, 2.05) is 12.1 Å². The highest BCUT2D eigenvalue weighted by atomic mass is 35.5. The third-order valence-corrected chi connectivity index (χ3v) is 10.8. The number of aliphatic imine (C=N–C) groups is 1. The van der Waals surface area contributed by atoms with Gasteiger partial charge < -0.3 is 19.6 Å². The van der Waals surface area contributed by atoms with Crippen LogP contribution < -0.4 is 4.74 Å². The minimum absolute atomic E-state index is 0.0588. The van der Waals surface area contributed by atoms with Crippen LogP contribution in [0.1, 0.15) is 35.7 Å². The van der Waals surface area contributed by atoms with Crippen LogP contribution in [0.3, 0.4) is 0 Å². The lowest BCUT2D eigenvalue weighted by Crippen LogP contribution is -2.56. The van der Waals surface area contributed by atoms with E-state index in [2.05, 4.69) is 0 Å². The van der Waals surface area contributed by atoms with Gasteiger partial charge in [0.25, 0.3) is 0 Å². The minimum atomic E-state index is -4.03. The normalized spacial score (nSPS) is 18.6. The molecule has 0 spiro atoms. The van der Waals surface area contributed by atoms with Gasteiger partial charge in [-0.15, -0.1) is 0 Å². The Morgan fingerprint density at radius 3 is 2.17 bits per heavy atom. The molecule has 11 nitrogen and oxygen atoms in total. The van der Waals surface area contributed by atoms with Gasteiger partial charge in [0.15, 0.2) is 0 Å². The third kappa shape index (κ3) is 7.08. The van der Waals surface area contributed by atoms with Crippen LogP contribution in [0.4, 0.5) is 4.79 Å². The van der Waals surface area contributed by atoms with E-state index < -0.39 is 28.1 Å². The number of amidine groups is 1. The number of rotatable bonds is 9. The summed E-state index contributed by atoms with van der Waals surface area (Å²) in [7, 11) is -1.24. The number of halogens is 3. The summed E-state index contributed by atoms with van der Waals surface area (Å²) in [5.74, 6) is 0.0483. The first-order valence-corrected chi connectivity index (χ1v) is 17.4. The molecule has 1 saturated heterocycles. The lowest BCUT2D eigenvalue weighted by molar-refractivity contribution is -0.135. The Hall–Kier alpha value is -3.39. The lowest BCUT2D eigenvalue weighted by Gasteiger charge is -2.38. The maximum Gasteiger partial charge on any atom is 0.326 e. The first-order valence-electron chi connectivity index (χ1n) is 14.8. The Kier molecular flexibility index (Phi) is 10.7. The first-order chi connectivity index (χ1) is 22.4. The Morgan fingerprint density at radius 1 is 1.00 bits per heavy atom. The summed E-state index contributed by atoms with van der Waals surface area (Å²) in [6, 6.07) is 14.9. The molecule has 3 aromatic rings. The fourth-order valence-corrected chi connectivity index (χ4v) is 7.28. The topological polar surface area (TPSA) is 123 Å². The van der Waals surface area contributed by atoms with Crippen LogP contribution in [-0.4, -0.2) is 104 Å². The van der Waals surface area contributed by atoms with Crippen LogP contribution >= 0.6 is 34.8 Å². The third-order valence-electron chi connectivity index (χ3n) is 7.99. The average molecular weight is 723 g/mol. The maximum atomic E-state index is 14.7. The molecule has 1 N–H and O–H groups in total. The number of aliphatic hydroxyl groups is 1. The molecule has 2 heterocycles. The van der Waals surface area contributed by atoms with Gasteiger partial charge in [-0.05, 0) is 48.4 Å². The molecule has 15 heteroatoms. The number of carbonyl (C=O) groups excluding carboxylic acids is 2. The number of piperazine rings is 1. The van der Waals surface area contributed by atoms with Crippen LogP contribution in [0.2, 0.25) is 15.1 Å². The highest BCUT2D eigenvalue weighted by Crippen LogP contribution is 2.46. The van der Waals surface area contributed by atoms with E-state index in [1.54, 1.807) is 43.3 Å². The molecule has 0 radical (unpaired) electrons. The molecule has 3 amide bonds. The standard InChI is InChI=1S/C32H34Cl3N5O6S/c1-4-46-26-18-25(35)27(47(44,45)37(2)3)17-24(26)31-36-29(20-5-9-22(33)10-6-20)30(21-7-11-23(34)12-8-21)40(31)32(43)39-14-13-38(15-16-41)28(42)19-39/h5-12,17-18,29-30,41H,4,13-16,19H2,1-3H3. The quantitative estimate of drug-likeness (QED) is 0.328. The van der Waals surface area contributed by atoms with Crippen LogP contribution in [0.15, 0.2) is 70.6 Å². The molecule has 2 aliphatic rings. The van der Waals surface area contributed by atoms with Crippen molar-refractivity contribution in [2.75, 3.05) is 53.5 Å². The van der Waals surface area contributed by atoms with E-state index in [9.17, 15) is 23.1 Å². The number of amides is 3. The largest absolute Gasteiger partial charge is 0.493 e. The van der Waals surface area contributed by atoms with Gasteiger partial charge in [0.1, 0.15) is 29.1 Å². The molecule has 0 bridgehead atoms. The molecule has 2 atom stereocenters. The number of hydrogen-bond donors (Lipinski definition) is 1. The number of benzene rings is 3. The Labute approximate surface area is 288 Å². The van der Waals surface area contributed by atoms with Crippen molar-refractivity contribution in [3.63, 3.8) is 0 Å². The predicted molar refractivity (Wildman–Crippen MR) is 181 cm³/mol. The second-order valence-corrected chi connectivity index (χ2v) is 14.5. The van der Waals surface area contributed by atoms with Gasteiger partial charge in [-0.3, -0.25) is 14.7 Å². The number of β-amino-alcohol motifs (C(OH)–C–C–N with tert-alkyl or cyclic N) is 1. The molecular weight excluding hydrogens is 689 g/mol. The molecule has 0 saturated carbocycles. The fourth-order valence-electron chi connectivity index (χ4n) is 5.61. The van der Waals surface area contributed by atoms with Gasteiger partial charge in [0.2, 0.25) is 15.9 Å². The average Bonchev–Trinajstić information content (AvgIpc) is 3.42. The number of urea groups is 1. The van der Waals surface area contributed by atoms with E-state index in [0.717, 1.165) is 9.87 Å².